The minimum absolute atomic E-state index is 0.0104. The van der Waals surface area contributed by atoms with Gasteiger partial charge in [-0.1, -0.05) is 6.92 Å². The summed E-state index contributed by atoms with van der Waals surface area (Å²) in [7, 11) is 0. The number of non-ortho nitro benzene ring substituents is 1. The van der Waals surface area contributed by atoms with Gasteiger partial charge in [0, 0.05) is 23.7 Å². The second kappa shape index (κ2) is 6.05. The van der Waals surface area contributed by atoms with Gasteiger partial charge in [-0.25, -0.2) is 0 Å². The Bertz CT molecular complexity index is 685. The molecule has 1 aromatic carbocycles. The van der Waals surface area contributed by atoms with Gasteiger partial charge in [0.15, 0.2) is 0 Å². The van der Waals surface area contributed by atoms with Crippen molar-refractivity contribution < 1.29 is 9.34 Å². The first-order valence-corrected chi connectivity index (χ1v) is 6.47. The molecule has 1 unspecified atom stereocenters. The Balaban J connectivity index is 2.32. The van der Waals surface area contributed by atoms with Gasteiger partial charge >= 0.3 is 0 Å². The third-order valence-electron chi connectivity index (χ3n) is 3.05. The third-order valence-corrected chi connectivity index (χ3v) is 3.05. The zero-order valence-corrected chi connectivity index (χ0v) is 11.7. The normalized spacial score (nSPS) is 11.7. The number of rotatable bonds is 5. The molecule has 2 aromatic rings. The number of benzene rings is 1. The number of nitrogens with zero attached hydrogens (tertiary/aromatic N) is 3. The van der Waals surface area contributed by atoms with Crippen molar-refractivity contribution in [1.29, 1.82) is 5.26 Å². The summed E-state index contributed by atoms with van der Waals surface area (Å²) in [6.45, 7) is 3.98. The van der Waals surface area contributed by atoms with Crippen molar-refractivity contribution in [2.75, 3.05) is 5.32 Å². The molecule has 1 N–H and O–H groups in total. The fourth-order valence-electron chi connectivity index (χ4n) is 1.67. The molecule has 7 heteroatoms. The first kappa shape index (κ1) is 14.5. The molecule has 0 saturated heterocycles. The van der Waals surface area contributed by atoms with Crippen LogP contribution in [-0.2, 0) is 0 Å². The summed E-state index contributed by atoms with van der Waals surface area (Å²) in [6, 6.07) is 7.93. The number of nitro groups is 1. The molecule has 0 fully saturated rings. The monoisotopic (exact) mass is 286 g/mol. The second-order valence-electron chi connectivity index (χ2n) is 4.57. The SMILES string of the molecule is CCC(C)Nc1oc(-c2ccc([N+](=O)[O-])cc2)nc1C#N. The third kappa shape index (κ3) is 3.17. The van der Waals surface area contributed by atoms with Crippen molar-refractivity contribution in [3.8, 4) is 17.5 Å². The van der Waals surface area contributed by atoms with E-state index >= 15 is 0 Å². The molecule has 0 aliphatic heterocycles. The first-order valence-electron chi connectivity index (χ1n) is 6.47. The van der Waals surface area contributed by atoms with E-state index in [4.69, 9.17) is 9.68 Å². The van der Waals surface area contributed by atoms with Gasteiger partial charge in [-0.2, -0.15) is 10.2 Å². The van der Waals surface area contributed by atoms with E-state index in [1.807, 2.05) is 19.9 Å². The molecule has 21 heavy (non-hydrogen) atoms. The highest BCUT2D eigenvalue weighted by Crippen LogP contribution is 2.27. The summed E-state index contributed by atoms with van der Waals surface area (Å²) in [5.74, 6) is 0.576. The predicted octanol–water partition coefficient (Wildman–Crippen LogP) is 3.33. The molecule has 2 rings (SSSR count). The Morgan fingerprint density at radius 1 is 1.48 bits per heavy atom. The van der Waals surface area contributed by atoms with Gasteiger partial charge in [0.2, 0.25) is 17.5 Å². The van der Waals surface area contributed by atoms with E-state index in [9.17, 15) is 10.1 Å². The van der Waals surface area contributed by atoms with E-state index in [-0.39, 0.29) is 23.3 Å². The minimum Gasteiger partial charge on any atom is -0.419 e. The van der Waals surface area contributed by atoms with Gasteiger partial charge in [-0.3, -0.25) is 10.1 Å². The van der Waals surface area contributed by atoms with Crippen LogP contribution in [-0.4, -0.2) is 15.9 Å². The maximum atomic E-state index is 10.6. The topological polar surface area (TPSA) is 105 Å². The van der Waals surface area contributed by atoms with E-state index in [0.717, 1.165) is 6.42 Å². The molecule has 0 aliphatic rings. The molecule has 1 atom stereocenters. The zero-order valence-electron chi connectivity index (χ0n) is 11.7. The number of hydrogen-bond acceptors (Lipinski definition) is 6. The maximum absolute atomic E-state index is 10.6. The summed E-state index contributed by atoms with van der Waals surface area (Å²) in [4.78, 5) is 14.2. The standard InChI is InChI=1S/C14H14N4O3/c1-3-9(2)16-14-12(8-15)17-13(21-14)10-4-6-11(7-5-10)18(19)20/h4-7,9,16H,3H2,1-2H3. The molecule has 7 nitrogen and oxygen atoms in total. The number of hydrogen-bond donors (Lipinski definition) is 1. The molecule has 0 aliphatic carbocycles. The summed E-state index contributed by atoms with van der Waals surface area (Å²) in [5, 5.41) is 22.8. The fraction of sp³-hybridized carbons (Fsp3) is 0.286. The highest BCUT2D eigenvalue weighted by atomic mass is 16.6. The molecular formula is C14H14N4O3. The highest BCUT2D eigenvalue weighted by Gasteiger charge is 2.16. The van der Waals surface area contributed by atoms with E-state index in [1.165, 1.54) is 24.3 Å². The van der Waals surface area contributed by atoms with Crippen LogP contribution >= 0.6 is 0 Å². The van der Waals surface area contributed by atoms with Gasteiger partial charge in [-0.15, -0.1) is 0 Å². The van der Waals surface area contributed by atoms with Crippen molar-refractivity contribution in [3.05, 3.63) is 40.1 Å². The molecule has 0 amide bonds. The lowest BCUT2D eigenvalue weighted by atomic mass is 10.2. The summed E-state index contributed by atoms with van der Waals surface area (Å²) in [6.07, 6.45) is 0.873. The molecule has 0 radical (unpaired) electrons. The molecule has 0 bridgehead atoms. The van der Waals surface area contributed by atoms with E-state index < -0.39 is 4.92 Å². The number of anilines is 1. The lowest BCUT2D eigenvalue weighted by molar-refractivity contribution is -0.384. The van der Waals surface area contributed by atoms with E-state index in [1.54, 1.807) is 0 Å². The van der Waals surface area contributed by atoms with Crippen LogP contribution in [0.3, 0.4) is 0 Å². The van der Waals surface area contributed by atoms with Crippen LogP contribution in [0.4, 0.5) is 11.6 Å². The Labute approximate surface area is 121 Å². The largest absolute Gasteiger partial charge is 0.419 e. The molecular weight excluding hydrogens is 272 g/mol. The number of nitrogens with one attached hydrogen (secondary N) is 1. The molecule has 1 heterocycles. The lowest BCUT2D eigenvalue weighted by Gasteiger charge is -2.09. The van der Waals surface area contributed by atoms with Gasteiger partial charge in [0.1, 0.15) is 6.07 Å². The fourth-order valence-corrected chi connectivity index (χ4v) is 1.67. The lowest BCUT2D eigenvalue weighted by Crippen LogP contribution is -2.13. The molecule has 0 saturated carbocycles. The smallest absolute Gasteiger partial charge is 0.269 e. The van der Waals surface area contributed by atoms with Crippen LogP contribution in [0.25, 0.3) is 11.5 Å². The van der Waals surface area contributed by atoms with Crippen molar-refractivity contribution >= 4 is 11.6 Å². The minimum atomic E-state index is -0.476. The Kier molecular flexibility index (Phi) is 4.18. The van der Waals surface area contributed by atoms with Crippen LogP contribution in [0.15, 0.2) is 28.7 Å². The number of oxazole rings is 1. The number of nitro benzene ring substituents is 1. The van der Waals surface area contributed by atoms with Crippen molar-refractivity contribution in [3.63, 3.8) is 0 Å². The predicted molar refractivity (Wildman–Crippen MR) is 76.7 cm³/mol. The van der Waals surface area contributed by atoms with E-state index in [0.29, 0.717) is 11.4 Å². The van der Waals surface area contributed by atoms with Gasteiger partial charge in [0.25, 0.3) is 5.69 Å². The van der Waals surface area contributed by atoms with Gasteiger partial charge < -0.3 is 9.73 Å². The second-order valence-corrected chi connectivity index (χ2v) is 4.57. The number of nitriles is 1. The summed E-state index contributed by atoms with van der Waals surface area (Å²) < 4.78 is 5.55. The van der Waals surface area contributed by atoms with Gasteiger partial charge in [0.05, 0.1) is 4.92 Å². The zero-order chi connectivity index (χ0) is 15.4. The number of aromatic nitrogens is 1. The van der Waals surface area contributed by atoms with Crippen LogP contribution in [0, 0.1) is 21.4 Å². The molecule has 1 aromatic heterocycles. The first-order chi connectivity index (χ1) is 10.0. The Morgan fingerprint density at radius 3 is 2.67 bits per heavy atom. The van der Waals surface area contributed by atoms with Crippen LogP contribution in [0.5, 0.6) is 0 Å². The van der Waals surface area contributed by atoms with Crippen molar-refractivity contribution in [1.82, 2.24) is 4.98 Å². The van der Waals surface area contributed by atoms with Crippen LogP contribution < -0.4 is 5.32 Å². The van der Waals surface area contributed by atoms with Gasteiger partial charge in [-0.05, 0) is 25.5 Å². The Hall–Kier alpha value is -2.88. The highest BCUT2D eigenvalue weighted by molar-refractivity contribution is 5.60. The van der Waals surface area contributed by atoms with Crippen LogP contribution in [0.2, 0.25) is 0 Å². The van der Waals surface area contributed by atoms with Crippen molar-refractivity contribution in [2.24, 2.45) is 0 Å². The maximum Gasteiger partial charge on any atom is 0.269 e. The molecule has 0 spiro atoms. The molecule has 108 valence electrons. The Morgan fingerprint density at radius 2 is 2.14 bits per heavy atom. The van der Waals surface area contributed by atoms with E-state index in [2.05, 4.69) is 10.3 Å². The quantitative estimate of drug-likeness (QED) is 0.667. The average Bonchev–Trinajstić information content (AvgIpc) is 2.90. The van der Waals surface area contributed by atoms with Crippen LogP contribution in [0.1, 0.15) is 26.0 Å². The average molecular weight is 286 g/mol. The summed E-state index contributed by atoms with van der Waals surface area (Å²) >= 11 is 0. The summed E-state index contributed by atoms with van der Waals surface area (Å²) in [5.41, 5.74) is 0.738. The van der Waals surface area contributed by atoms with Crippen molar-refractivity contribution in [2.45, 2.75) is 26.3 Å².